The van der Waals surface area contributed by atoms with Gasteiger partial charge in [-0.2, -0.15) is 0 Å². The highest BCUT2D eigenvalue weighted by atomic mass is 16.5. The Bertz CT molecular complexity index is 1260. The molecule has 1 heterocycles. The summed E-state index contributed by atoms with van der Waals surface area (Å²) in [4.78, 5) is 0. The molecular weight excluding hydrogens is 284 g/mol. The van der Waals surface area contributed by atoms with Crippen LogP contribution in [0.5, 0.6) is 11.5 Å². The van der Waals surface area contributed by atoms with E-state index in [0.29, 0.717) is 19.3 Å². The summed E-state index contributed by atoms with van der Waals surface area (Å²) in [7, 11) is 0. The van der Waals surface area contributed by atoms with E-state index >= 15 is 0 Å². The summed E-state index contributed by atoms with van der Waals surface area (Å²) in [6.07, 6.45) is -6.55. The largest absolute Gasteiger partial charge is 0.507 e. The molecular formula is C21H30O2. The van der Waals surface area contributed by atoms with E-state index in [1.165, 1.54) is 0 Å². The quantitative estimate of drug-likeness (QED) is 0.563. The first-order valence-electron chi connectivity index (χ1n) is 16.4. The Morgan fingerprint density at radius 2 is 2.35 bits per heavy atom. The average Bonchev–Trinajstić information content (AvgIpc) is 2.77. The molecule has 0 radical (unpaired) electrons. The number of hydrogen-bond acceptors (Lipinski definition) is 2. The molecule has 1 aliphatic heterocycles. The smallest absolute Gasteiger partial charge is 0.127 e. The maximum absolute atomic E-state index is 11.2. The zero-order chi connectivity index (χ0) is 32.2. The summed E-state index contributed by atoms with van der Waals surface area (Å²) in [5.74, 6) is -10.5. The molecule has 0 unspecified atom stereocenters. The number of ether oxygens (including phenoxy) is 1. The van der Waals surface area contributed by atoms with E-state index in [1.807, 2.05) is 6.92 Å². The number of aromatic hydroxyl groups is 1. The van der Waals surface area contributed by atoms with Gasteiger partial charge in [-0.15, -0.1) is 0 Å². The Labute approximate surface area is 165 Å². The molecule has 0 aromatic heterocycles. The van der Waals surface area contributed by atoms with Crippen LogP contribution in [0.25, 0.3) is 0 Å². The summed E-state index contributed by atoms with van der Waals surface area (Å²) in [5, 5.41) is 11.2. The standard InChI is InChI=1S/C21H30O2/c1-5-6-7-8-15-12-18(22)20-16-11-14(2)9-10-17(16)21(3,4)23-19(20)13-15/h11-13,16-17,22H,5-10H2,1-4H3/t16-,17-/m1/s1/i2D3,3D3,4D3,9D2,10D2,11D,12D,13D,16D,17D. The van der Waals surface area contributed by atoms with Gasteiger partial charge in [-0.3, -0.25) is 0 Å². The van der Waals surface area contributed by atoms with Gasteiger partial charge in [0.15, 0.2) is 0 Å². The van der Waals surface area contributed by atoms with Gasteiger partial charge in [0, 0.05) is 37.9 Å². The zero-order valence-corrected chi connectivity index (χ0v) is 12.7. The topological polar surface area (TPSA) is 29.5 Å². The van der Waals surface area contributed by atoms with Crippen LogP contribution in [-0.2, 0) is 6.42 Å². The predicted molar refractivity (Wildman–Crippen MR) is 95.3 cm³/mol. The van der Waals surface area contributed by atoms with Crippen molar-refractivity contribution in [1.29, 1.82) is 0 Å². The van der Waals surface area contributed by atoms with Crippen molar-refractivity contribution in [2.24, 2.45) is 5.89 Å². The van der Waals surface area contributed by atoms with Crippen molar-refractivity contribution in [2.45, 2.75) is 77.4 Å². The van der Waals surface area contributed by atoms with Crippen molar-refractivity contribution in [3.05, 3.63) is 34.8 Å². The lowest BCUT2D eigenvalue weighted by molar-refractivity contribution is 0.0107. The highest BCUT2D eigenvalue weighted by molar-refractivity contribution is 5.53. The number of fused-ring (bicyclic) bond motifs is 3. The van der Waals surface area contributed by atoms with Crippen molar-refractivity contribution < 1.29 is 34.5 Å². The van der Waals surface area contributed by atoms with Crippen LogP contribution in [0.2, 0.25) is 0 Å². The van der Waals surface area contributed by atoms with E-state index in [2.05, 4.69) is 0 Å². The SMILES string of the molecule is [2H]C1=C(C([2H])([2H])[2H])C([2H])([2H])C([2H])([2H])[C@@]2([2H])C(C([2H])([2H])[2H])(C([2H])([2H])[2H])Oc3c([2H])c(CCCCC)c([2H])c(O)c3[C@]12[2H]. The summed E-state index contributed by atoms with van der Waals surface area (Å²) in [5.41, 5.74) is -7.31. The van der Waals surface area contributed by atoms with Crippen LogP contribution in [0.1, 0.15) is 101 Å². The Hall–Kier alpha value is -1.44. The number of hydrogen-bond donors (Lipinski definition) is 1. The molecule has 0 spiro atoms. The Balaban J connectivity index is 2.78. The van der Waals surface area contributed by atoms with Crippen LogP contribution in [0.15, 0.2) is 23.7 Å². The van der Waals surface area contributed by atoms with E-state index in [1.54, 1.807) is 0 Å². The molecule has 1 aromatic carbocycles. The molecule has 1 aliphatic carbocycles. The average molecular weight is 333 g/mol. The van der Waals surface area contributed by atoms with Crippen LogP contribution in [-0.4, -0.2) is 10.7 Å². The van der Waals surface area contributed by atoms with Gasteiger partial charge < -0.3 is 9.84 Å². The van der Waals surface area contributed by atoms with Gasteiger partial charge in [0.05, 0.1) is 4.11 Å². The minimum absolute atomic E-state index is 0.0608. The fraction of sp³-hybridized carbons (Fsp3) is 0.619. The number of phenolic OH excluding ortho intramolecular Hbond substituents is 1. The van der Waals surface area contributed by atoms with Crippen LogP contribution in [0.4, 0.5) is 0 Å². The van der Waals surface area contributed by atoms with Crippen molar-refractivity contribution in [2.75, 3.05) is 0 Å². The second-order valence-electron chi connectivity index (χ2n) is 5.52. The predicted octanol–water partition coefficient (Wildman–Crippen LogP) is 5.74. The third-order valence-electron chi connectivity index (χ3n) is 3.70. The van der Waals surface area contributed by atoms with Gasteiger partial charge >= 0.3 is 0 Å². The second-order valence-corrected chi connectivity index (χ2v) is 5.52. The van der Waals surface area contributed by atoms with Gasteiger partial charge in [-0.25, -0.2) is 0 Å². The fourth-order valence-corrected chi connectivity index (χ4v) is 2.59. The molecule has 1 N–H and O–H groups in total. The monoisotopic (exact) mass is 332 g/mol. The van der Waals surface area contributed by atoms with Crippen LogP contribution in [0, 0.1) is 5.89 Å². The highest BCUT2D eigenvalue weighted by Gasteiger charge is 2.45. The lowest BCUT2D eigenvalue weighted by Gasteiger charge is -2.46. The van der Waals surface area contributed by atoms with Crippen molar-refractivity contribution in [3.63, 3.8) is 0 Å². The molecule has 0 saturated carbocycles. The number of rotatable bonds is 4. The Morgan fingerprint density at radius 1 is 1.48 bits per heavy atom. The van der Waals surface area contributed by atoms with E-state index < -0.39 is 91.5 Å². The molecule has 0 amide bonds. The molecule has 126 valence electrons. The van der Waals surface area contributed by atoms with Crippen molar-refractivity contribution >= 4 is 0 Å². The number of allylic oxidation sites excluding steroid dienone is 2. The first kappa shape index (κ1) is 5.28. The van der Waals surface area contributed by atoms with E-state index in [9.17, 15) is 7.85 Å². The molecule has 0 saturated heterocycles. The highest BCUT2D eigenvalue weighted by Crippen LogP contribution is 2.53. The third kappa shape index (κ3) is 3.13. The lowest BCUT2D eigenvalue weighted by Crippen LogP contribution is -2.45. The van der Waals surface area contributed by atoms with E-state index in [0.717, 1.165) is 0 Å². The van der Waals surface area contributed by atoms with E-state index in [4.69, 9.17) is 26.7 Å². The van der Waals surface area contributed by atoms with Gasteiger partial charge in [-0.1, -0.05) is 31.4 Å². The lowest BCUT2D eigenvalue weighted by atomic mass is 9.68. The van der Waals surface area contributed by atoms with Gasteiger partial charge in [0.1, 0.15) is 17.1 Å². The molecule has 3 rings (SSSR count). The van der Waals surface area contributed by atoms with Crippen LogP contribution >= 0.6 is 0 Å². The van der Waals surface area contributed by atoms with Gasteiger partial charge in [0.2, 0.25) is 0 Å². The third-order valence-corrected chi connectivity index (χ3v) is 3.70. The van der Waals surface area contributed by atoms with Crippen LogP contribution < -0.4 is 4.74 Å². The molecule has 23 heavy (non-hydrogen) atoms. The number of unbranched alkanes of at least 4 members (excludes halogenated alkanes) is 2. The molecule has 2 aliphatic rings. The molecule has 0 bridgehead atoms. The number of phenols is 1. The minimum Gasteiger partial charge on any atom is -0.507 e. The van der Waals surface area contributed by atoms with Crippen molar-refractivity contribution in [1.82, 2.24) is 0 Å². The van der Waals surface area contributed by atoms with Crippen molar-refractivity contribution in [3.8, 4) is 11.5 Å². The molecule has 2 heteroatoms. The summed E-state index contributed by atoms with van der Waals surface area (Å²) >= 11 is 0. The van der Waals surface area contributed by atoms with E-state index in [-0.39, 0.29) is 12.0 Å². The second kappa shape index (κ2) is 6.22. The maximum Gasteiger partial charge on any atom is 0.127 e. The fourth-order valence-electron chi connectivity index (χ4n) is 2.59. The minimum atomic E-state index is -4.24. The van der Waals surface area contributed by atoms with Crippen LogP contribution in [0.3, 0.4) is 0 Å². The normalized spacial score (nSPS) is 49.4. The van der Waals surface area contributed by atoms with Gasteiger partial charge in [0.25, 0.3) is 0 Å². The number of benzene rings is 1. The summed E-state index contributed by atoms with van der Waals surface area (Å²) < 4.78 is 157. The van der Waals surface area contributed by atoms with Gasteiger partial charge in [-0.05, 0) is 63.8 Å². The Morgan fingerprint density at radius 3 is 3.09 bits per heavy atom. The maximum atomic E-state index is 11.2. The zero-order valence-electron chi connectivity index (χ0n) is 30.7. The first-order chi connectivity index (χ1) is 18.2. The first-order valence-corrected chi connectivity index (χ1v) is 7.44. The molecule has 0 fully saturated rings. The Kier molecular flexibility index (Phi) is 1.43. The molecule has 2 atom stereocenters. The summed E-state index contributed by atoms with van der Waals surface area (Å²) in [6, 6.07) is -3.39. The molecule has 2 nitrogen and oxygen atoms in total. The molecule has 1 aromatic rings. The summed E-state index contributed by atoms with van der Waals surface area (Å²) in [6.45, 7) is -9.98.